The minimum atomic E-state index is -0.519. The second-order valence-corrected chi connectivity index (χ2v) is 6.77. The lowest BCUT2D eigenvalue weighted by molar-refractivity contribution is 0.0512. The van der Waals surface area contributed by atoms with E-state index in [2.05, 4.69) is 29.6 Å². The van der Waals surface area contributed by atoms with E-state index in [0.717, 1.165) is 0 Å². The minimum absolute atomic E-state index is 0.0129. The zero-order valence-corrected chi connectivity index (χ0v) is 14.0. The minimum Gasteiger partial charge on any atom is -0.444 e. The summed E-state index contributed by atoms with van der Waals surface area (Å²) in [6.45, 7) is 5.87. The molecule has 0 saturated heterocycles. The highest BCUT2D eigenvalue weighted by molar-refractivity contribution is 5.85. The third-order valence-electron chi connectivity index (χ3n) is 3.58. The number of benzene rings is 2. The highest BCUT2D eigenvalue weighted by Crippen LogP contribution is 2.21. The highest BCUT2D eigenvalue weighted by atomic mass is 16.6. The van der Waals surface area contributed by atoms with Crippen molar-refractivity contribution in [2.75, 3.05) is 13.2 Å². The van der Waals surface area contributed by atoms with Gasteiger partial charge in [0.1, 0.15) is 5.60 Å². The van der Waals surface area contributed by atoms with Crippen LogP contribution in [0, 0.1) is 5.92 Å². The topological polar surface area (TPSA) is 58.6 Å². The molecule has 2 aromatic rings. The molecule has 4 heteroatoms. The molecule has 23 heavy (non-hydrogen) atoms. The number of hydrogen-bond acceptors (Lipinski definition) is 3. The molecule has 0 fully saturated rings. The Labute approximate surface area is 137 Å². The van der Waals surface area contributed by atoms with Crippen molar-refractivity contribution in [3.05, 3.63) is 48.0 Å². The summed E-state index contributed by atoms with van der Waals surface area (Å²) in [5.74, 6) is -0.0478. The van der Waals surface area contributed by atoms with E-state index < -0.39 is 11.7 Å². The van der Waals surface area contributed by atoms with Gasteiger partial charge in [0.25, 0.3) is 0 Å². The van der Waals surface area contributed by atoms with Gasteiger partial charge in [0, 0.05) is 19.1 Å². The van der Waals surface area contributed by atoms with Crippen LogP contribution in [-0.4, -0.2) is 30.0 Å². The summed E-state index contributed by atoms with van der Waals surface area (Å²) in [5, 5.41) is 14.7. The zero-order valence-electron chi connectivity index (χ0n) is 14.0. The van der Waals surface area contributed by atoms with Crippen molar-refractivity contribution in [1.29, 1.82) is 0 Å². The number of fused-ring (bicyclic) bond motifs is 1. The van der Waals surface area contributed by atoms with Crippen LogP contribution in [-0.2, 0) is 11.2 Å². The third-order valence-corrected chi connectivity index (χ3v) is 3.58. The van der Waals surface area contributed by atoms with Gasteiger partial charge in [-0.05, 0) is 43.5 Å². The number of carbonyl (C=O) groups is 1. The monoisotopic (exact) mass is 315 g/mol. The van der Waals surface area contributed by atoms with Crippen LogP contribution in [0.2, 0.25) is 0 Å². The molecular formula is C19H25NO3. The van der Waals surface area contributed by atoms with E-state index >= 15 is 0 Å². The summed E-state index contributed by atoms with van der Waals surface area (Å²) in [5.41, 5.74) is 0.655. The zero-order chi connectivity index (χ0) is 16.9. The first-order chi connectivity index (χ1) is 10.9. The number of carbonyl (C=O) groups excluding carboxylic acids is 1. The first kappa shape index (κ1) is 17.3. The second-order valence-electron chi connectivity index (χ2n) is 6.77. The molecule has 0 radical (unpaired) electrons. The van der Waals surface area contributed by atoms with Crippen LogP contribution in [0.3, 0.4) is 0 Å². The second kappa shape index (κ2) is 7.47. The average molecular weight is 315 g/mol. The lowest BCUT2D eigenvalue weighted by atomic mass is 9.95. The standard InChI is InChI=1S/C19H25NO3/c1-19(2,3)23-18(22)20-12-14(13-21)11-16-9-6-8-15-7-4-5-10-17(15)16/h4-10,14,21H,11-13H2,1-3H3,(H,20,22). The van der Waals surface area contributed by atoms with Crippen LogP contribution >= 0.6 is 0 Å². The first-order valence-corrected chi connectivity index (χ1v) is 7.93. The molecule has 0 spiro atoms. The van der Waals surface area contributed by atoms with Crippen molar-refractivity contribution in [1.82, 2.24) is 5.32 Å². The van der Waals surface area contributed by atoms with Crippen molar-refractivity contribution >= 4 is 16.9 Å². The molecular weight excluding hydrogens is 290 g/mol. The maximum Gasteiger partial charge on any atom is 0.407 e. The molecule has 4 nitrogen and oxygen atoms in total. The molecule has 2 aromatic carbocycles. The summed E-state index contributed by atoms with van der Waals surface area (Å²) in [4.78, 5) is 11.7. The number of alkyl carbamates (subject to hydrolysis) is 1. The third kappa shape index (κ3) is 5.25. The lowest BCUT2D eigenvalue weighted by Gasteiger charge is -2.21. The van der Waals surface area contributed by atoms with E-state index in [4.69, 9.17) is 4.74 Å². The Morgan fingerprint density at radius 3 is 2.57 bits per heavy atom. The Morgan fingerprint density at radius 1 is 1.17 bits per heavy atom. The maximum absolute atomic E-state index is 11.7. The Hall–Kier alpha value is -2.07. The summed E-state index contributed by atoms with van der Waals surface area (Å²) < 4.78 is 5.22. The van der Waals surface area contributed by atoms with Gasteiger partial charge >= 0.3 is 6.09 Å². The predicted molar refractivity (Wildman–Crippen MR) is 92.5 cm³/mol. The van der Waals surface area contributed by atoms with Crippen molar-refractivity contribution in [2.45, 2.75) is 32.8 Å². The van der Waals surface area contributed by atoms with Gasteiger partial charge in [0.15, 0.2) is 0 Å². The number of rotatable bonds is 5. The molecule has 1 atom stereocenters. The Balaban J connectivity index is 2.00. The number of amides is 1. The fraction of sp³-hybridized carbons (Fsp3) is 0.421. The molecule has 0 aliphatic carbocycles. The smallest absolute Gasteiger partial charge is 0.407 e. The quantitative estimate of drug-likeness (QED) is 0.887. The molecule has 0 heterocycles. The van der Waals surface area contributed by atoms with E-state index in [1.807, 2.05) is 39.0 Å². The van der Waals surface area contributed by atoms with Crippen molar-refractivity contribution in [2.24, 2.45) is 5.92 Å². The summed E-state index contributed by atoms with van der Waals surface area (Å²) in [6, 6.07) is 14.3. The fourth-order valence-corrected chi connectivity index (χ4v) is 2.52. The molecule has 0 aromatic heterocycles. The summed E-state index contributed by atoms with van der Waals surface area (Å²) in [6.07, 6.45) is 0.252. The number of aliphatic hydroxyl groups is 1. The van der Waals surface area contributed by atoms with Crippen molar-refractivity contribution in [3.8, 4) is 0 Å². The van der Waals surface area contributed by atoms with Gasteiger partial charge in [-0.25, -0.2) is 4.79 Å². The normalized spacial score (nSPS) is 12.9. The van der Waals surface area contributed by atoms with Gasteiger partial charge in [0.05, 0.1) is 0 Å². The van der Waals surface area contributed by atoms with Crippen LogP contribution in [0.5, 0.6) is 0 Å². The molecule has 1 unspecified atom stereocenters. The number of aliphatic hydroxyl groups excluding tert-OH is 1. The van der Waals surface area contributed by atoms with E-state index in [1.54, 1.807) is 0 Å². The Morgan fingerprint density at radius 2 is 1.87 bits per heavy atom. The van der Waals surface area contributed by atoms with Crippen LogP contribution in [0.4, 0.5) is 4.79 Å². The molecule has 0 bridgehead atoms. The van der Waals surface area contributed by atoms with Crippen LogP contribution in [0.15, 0.2) is 42.5 Å². The molecule has 124 valence electrons. The van der Waals surface area contributed by atoms with Gasteiger partial charge < -0.3 is 15.2 Å². The van der Waals surface area contributed by atoms with E-state index in [9.17, 15) is 9.90 Å². The molecule has 0 saturated carbocycles. The molecule has 0 aliphatic heterocycles. The van der Waals surface area contributed by atoms with Gasteiger partial charge in [-0.1, -0.05) is 42.5 Å². The predicted octanol–water partition coefficient (Wildman–Crippen LogP) is 3.52. The highest BCUT2D eigenvalue weighted by Gasteiger charge is 2.17. The van der Waals surface area contributed by atoms with Crippen LogP contribution in [0.25, 0.3) is 10.8 Å². The van der Waals surface area contributed by atoms with Crippen LogP contribution < -0.4 is 5.32 Å². The molecule has 2 N–H and O–H groups in total. The summed E-state index contributed by atoms with van der Waals surface area (Å²) >= 11 is 0. The van der Waals surface area contributed by atoms with E-state index in [0.29, 0.717) is 13.0 Å². The fourth-order valence-electron chi connectivity index (χ4n) is 2.52. The first-order valence-electron chi connectivity index (χ1n) is 7.93. The van der Waals surface area contributed by atoms with E-state index in [-0.39, 0.29) is 12.5 Å². The van der Waals surface area contributed by atoms with Crippen molar-refractivity contribution in [3.63, 3.8) is 0 Å². The molecule has 2 rings (SSSR count). The SMILES string of the molecule is CC(C)(C)OC(=O)NCC(CO)Cc1cccc2ccccc12. The van der Waals surface area contributed by atoms with E-state index in [1.165, 1.54) is 16.3 Å². The summed E-state index contributed by atoms with van der Waals surface area (Å²) in [7, 11) is 0. The van der Waals surface area contributed by atoms with Gasteiger partial charge in [-0.3, -0.25) is 0 Å². The van der Waals surface area contributed by atoms with Gasteiger partial charge in [-0.15, -0.1) is 0 Å². The van der Waals surface area contributed by atoms with Crippen molar-refractivity contribution < 1.29 is 14.6 Å². The number of hydrogen-bond donors (Lipinski definition) is 2. The Kier molecular flexibility index (Phi) is 5.61. The van der Waals surface area contributed by atoms with Gasteiger partial charge in [-0.2, -0.15) is 0 Å². The number of ether oxygens (including phenoxy) is 1. The largest absolute Gasteiger partial charge is 0.444 e. The maximum atomic E-state index is 11.7. The number of nitrogens with one attached hydrogen (secondary N) is 1. The lowest BCUT2D eigenvalue weighted by Crippen LogP contribution is -2.36. The van der Waals surface area contributed by atoms with Gasteiger partial charge in [0.2, 0.25) is 0 Å². The molecule has 0 aliphatic rings. The molecule has 1 amide bonds. The Bertz CT molecular complexity index is 656. The van der Waals surface area contributed by atoms with Crippen LogP contribution in [0.1, 0.15) is 26.3 Å². The average Bonchev–Trinajstić information content (AvgIpc) is 2.50.